The Hall–Kier alpha value is -3.27. The SMILES string of the molecule is CC(=O)OC[C@H]1OC[C@@H](N2C(=O)c3ccccc3C2=O)[C@@H](OC(C)=O)[C@@H]1OC(C)=O. The topological polar surface area (TPSA) is 126 Å². The van der Waals surface area contributed by atoms with Crippen molar-refractivity contribution in [3.05, 3.63) is 35.4 Å². The smallest absolute Gasteiger partial charge is 0.303 e. The molecule has 1 aromatic rings. The molecule has 0 saturated carbocycles. The molecule has 1 aromatic carbocycles. The second-order valence-electron chi connectivity index (χ2n) is 6.92. The van der Waals surface area contributed by atoms with E-state index in [1.807, 2.05) is 0 Å². The number of fused-ring (bicyclic) bond motifs is 1. The molecule has 0 unspecified atom stereocenters. The summed E-state index contributed by atoms with van der Waals surface area (Å²) in [5.41, 5.74) is 0.435. The first-order valence-corrected chi connectivity index (χ1v) is 9.27. The van der Waals surface area contributed by atoms with Gasteiger partial charge in [-0.2, -0.15) is 0 Å². The number of amides is 2. The summed E-state index contributed by atoms with van der Waals surface area (Å²) in [5.74, 6) is -3.11. The Morgan fingerprint density at radius 1 is 0.933 bits per heavy atom. The number of imide groups is 1. The summed E-state index contributed by atoms with van der Waals surface area (Å²) in [6.45, 7) is 3.04. The molecule has 30 heavy (non-hydrogen) atoms. The third-order valence-electron chi connectivity index (χ3n) is 4.76. The van der Waals surface area contributed by atoms with Crippen molar-refractivity contribution in [3.63, 3.8) is 0 Å². The maximum Gasteiger partial charge on any atom is 0.303 e. The molecule has 0 bridgehead atoms. The monoisotopic (exact) mass is 419 g/mol. The van der Waals surface area contributed by atoms with E-state index in [0.717, 1.165) is 18.7 Å². The van der Waals surface area contributed by atoms with E-state index in [1.165, 1.54) is 19.1 Å². The van der Waals surface area contributed by atoms with E-state index >= 15 is 0 Å². The van der Waals surface area contributed by atoms with Crippen LogP contribution < -0.4 is 0 Å². The van der Waals surface area contributed by atoms with Crippen molar-refractivity contribution < 1.29 is 42.9 Å². The number of benzene rings is 1. The van der Waals surface area contributed by atoms with E-state index in [0.29, 0.717) is 0 Å². The van der Waals surface area contributed by atoms with Crippen LogP contribution >= 0.6 is 0 Å². The molecule has 10 nitrogen and oxygen atoms in total. The van der Waals surface area contributed by atoms with Crippen molar-refractivity contribution in [3.8, 4) is 0 Å². The highest BCUT2D eigenvalue weighted by Crippen LogP contribution is 2.32. The number of carbonyl (C=O) groups is 5. The van der Waals surface area contributed by atoms with E-state index in [1.54, 1.807) is 12.1 Å². The fraction of sp³-hybridized carbons (Fsp3) is 0.450. The largest absolute Gasteiger partial charge is 0.463 e. The zero-order valence-corrected chi connectivity index (χ0v) is 16.7. The second kappa shape index (κ2) is 8.62. The van der Waals surface area contributed by atoms with Crippen LogP contribution in [0.4, 0.5) is 0 Å². The maximum absolute atomic E-state index is 12.9. The van der Waals surface area contributed by atoms with Crippen LogP contribution in [0.15, 0.2) is 24.3 Å². The van der Waals surface area contributed by atoms with Gasteiger partial charge in [-0.25, -0.2) is 0 Å². The van der Waals surface area contributed by atoms with Crippen molar-refractivity contribution in [2.24, 2.45) is 0 Å². The second-order valence-corrected chi connectivity index (χ2v) is 6.92. The number of rotatable bonds is 5. The summed E-state index contributed by atoms with van der Waals surface area (Å²) in [6.07, 6.45) is -3.36. The average Bonchev–Trinajstić information content (AvgIpc) is 2.92. The molecule has 4 atom stereocenters. The summed E-state index contributed by atoms with van der Waals surface area (Å²) in [4.78, 5) is 61.4. The molecule has 2 heterocycles. The van der Waals surface area contributed by atoms with Crippen LogP contribution in [0.25, 0.3) is 0 Å². The maximum atomic E-state index is 12.9. The van der Waals surface area contributed by atoms with Gasteiger partial charge >= 0.3 is 17.9 Å². The molecule has 0 spiro atoms. The van der Waals surface area contributed by atoms with Crippen molar-refractivity contribution >= 4 is 29.7 Å². The molecule has 0 N–H and O–H groups in total. The molecule has 2 amide bonds. The van der Waals surface area contributed by atoms with E-state index in [4.69, 9.17) is 18.9 Å². The van der Waals surface area contributed by atoms with Gasteiger partial charge in [-0.15, -0.1) is 0 Å². The predicted octanol–water partition coefficient (Wildman–Crippen LogP) is 0.476. The molecule has 1 saturated heterocycles. The van der Waals surface area contributed by atoms with Gasteiger partial charge in [-0.05, 0) is 12.1 Å². The standard InChI is InChI=1S/C20H21NO9/c1-10(22)27-9-16-18(30-12(3)24)17(29-11(2)23)15(8-28-16)21-19(25)13-6-4-5-7-14(13)20(21)26/h4-7,15-18H,8-9H2,1-3H3/t15-,16-,17-,18-/m1/s1. The first kappa shape index (κ1) is 21.4. The van der Waals surface area contributed by atoms with Crippen LogP contribution in [0.3, 0.4) is 0 Å². The first-order valence-electron chi connectivity index (χ1n) is 9.27. The van der Waals surface area contributed by atoms with Gasteiger partial charge < -0.3 is 18.9 Å². The fourth-order valence-corrected chi connectivity index (χ4v) is 3.59. The quantitative estimate of drug-likeness (QED) is 0.380. The zero-order chi connectivity index (χ0) is 22.0. The third-order valence-corrected chi connectivity index (χ3v) is 4.76. The predicted molar refractivity (Wildman–Crippen MR) is 98.2 cm³/mol. The van der Waals surface area contributed by atoms with E-state index in [2.05, 4.69) is 0 Å². The lowest BCUT2D eigenvalue weighted by Crippen LogP contribution is -2.63. The van der Waals surface area contributed by atoms with Gasteiger partial charge in [0.1, 0.15) is 18.8 Å². The van der Waals surface area contributed by atoms with Crippen LogP contribution in [0.5, 0.6) is 0 Å². The van der Waals surface area contributed by atoms with Crippen LogP contribution in [0.1, 0.15) is 41.5 Å². The molecule has 2 aliphatic rings. The highest BCUT2D eigenvalue weighted by Gasteiger charge is 2.52. The Labute approximate surface area is 172 Å². The molecule has 160 valence electrons. The van der Waals surface area contributed by atoms with Crippen molar-refractivity contribution in [2.45, 2.75) is 45.1 Å². The Balaban J connectivity index is 1.95. The number of carbonyl (C=O) groups excluding carboxylic acids is 5. The summed E-state index contributed by atoms with van der Waals surface area (Å²) in [6, 6.07) is 5.26. The minimum Gasteiger partial charge on any atom is -0.463 e. The molecule has 0 radical (unpaired) electrons. The lowest BCUT2D eigenvalue weighted by Gasteiger charge is -2.43. The summed E-state index contributed by atoms with van der Waals surface area (Å²) in [5, 5.41) is 0. The highest BCUT2D eigenvalue weighted by molar-refractivity contribution is 6.21. The number of esters is 3. The van der Waals surface area contributed by atoms with Crippen LogP contribution in [0, 0.1) is 0 Å². The minimum absolute atomic E-state index is 0.201. The lowest BCUT2D eigenvalue weighted by molar-refractivity contribution is -0.211. The first-order chi connectivity index (χ1) is 14.2. The van der Waals surface area contributed by atoms with Gasteiger partial charge in [0.15, 0.2) is 12.2 Å². The van der Waals surface area contributed by atoms with E-state index in [-0.39, 0.29) is 24.3 Å². The van der Waals surface area contributed by atoms with Gasteiger partial charge in [0, 0.05) is 20.8 Å². The van der Waals surface area contributed by atoms with E-state index in [9.17, 15) is 24.0 Å². The minimum atomic E-state index is -1.21. The van der Waals surface area contributed by atoms with Crippen molar-refractivity contribution in [1.29, 1.82) is 0 Å². The molecular weight excluding hydrogens is 398 g/mol. The number of ether oxygens (including phenoxy) is 4. The Bertz CT molecular complexity index is 861. The van der Waals surface area contributed by atoms with Crippen LogP contribution in [0.2, 0.25) is 0 Å². The molecule has 2 aliphatic heterocycles. The molecule has 0 aliphatic carbocycles. The molecule has 10 heteroatoms. The number of nitrogens with zero attached hydrogens (tertiary/aromatic N) is 1. The fourth-order valence-electron chi connectivity index (χ4n) is 3.59. The normalized spacial score (nSPS) is 25.5. The van der Waals surface area contributed by atoms with Gasteiger partial charge in [-0.3, -0.25) is 28.9 Å². The van der Waals surface area contributed by atoms with Crippen LogP contribution in [-0.4, -0.2) is 72.2 Å². The van der Waals surface area contributed by atoms with Crippen LogP contribution in [-0.2, 0) is 33.3 Å². The summed E-state index contributed by atoms with van der Waals surface area (Å²) >= 11 is 0. The number of hydrogen-bond donors (Lipinski definition) is 0. The summed E-state index contributed by atoms with van der Waals surface area (Å²) in [7, 11) is 0. The third kappa shape index (κ3) is 4.18. The molecular formula is C20H21NO9. The molecule has 0 aromatic heterocycles. The molecule has 3 rings (SSSR count). The Morgan fingerprint density at radius 2 is 1.47 bits per heavy atom. The molecule has 1 fully saturated rings. The number of hydrogen-bond acceptors (Lipinski definition) is 9. The highest BCUT2D eigenvalue weighted by atomic mass is 16.6. The van der Waals surface area contributed by atoms with Crippen molar-refractivity contribution in [2.75, 3.05) is 13.2 Å². The Morgan fingerprint density at radius 3 is 1.97 bits per heavy atom. The summed E-state index contributed by atoms with van der Waals surface area (Å²) < 4.78 is 21.3. The van der Waals surface area contributed by atoms with Crippen molar-refractivity contribution in [1.82, 2.24) is 4.90 Å². The van der Waals surface area contributed by atoms with Gasteiger partial charge in [0.05, 0.1) is 17.7 Å². The van der Waals surface area contributed by atoms with Gasteiger partial charge in [0.25, 0.3) is 11.8 Å². The van der Waals surface area contributed by atoms with Gasteiger partial charge in [0.2, 0.25) is 0 Å². The van der Waals surface area contributed by atoms with Gasteiger partial charge in [-0.1, -0.05) is 12.1 Å². The average molecular weight is 419 g/mol. The lowest BCUT2D eigenvalue weighted by atomic mass is 9.96. The zero-order valence-electron chi connectivity index (χ0n) is 16.7. The Kier molecular flexibility index (Phi) is 6.16. The van der Waals surface area contributed by atoms with E-state index < -0.39 is 54.1 Å².